The molecule has 0 spiro atoms. The molecule has 2 N–H and O–H groups in total. The maximum absolute atomic E-state index is 6.11. The first-order valence-corrected chi connectivity index (χ1v) is 7.78. The zero-order chi connectivity index (χ0) is 15.5. The second-order valence-electron chi connectivity index (χ2n) is 6.57. The van der Waals surface area contributed by atoms with Crippen LogP contribution in [0.2, 0.25) is 0 Å². The zero-order valence-electron chi connectivity index (χ0n) is 13.7. The van der Waals surface area contributed by atoms with E-state index in [2.05, 4.69) is 50.8 Å². The molecule has 0 fully saturated rings. The predicted octanol–water partition coefficient (Wildman–Crippen LogP) is 2.76. The van der Waals surface area contributed by atoms with Crippen molar-refractivity contribution in [2.45, 2.75) is 39.2 Å². The quantitative estimate of drug-likeness (QED) is 0.819. The zero-order valence-corrected chi connectivity index (χ0v) is 13.7. The summed E-state index contributed by atoms with van der Waals surface area (Å²) in [5, 5.41) is 0. The van der Waals surface area contributed by atoms with Crippen molar-refractivity contribution in [1.29, 1.82) is 0 Å². The highest BCUT2D eigenvalue weighted by Gasteiger charge is 2.31. The Kier molecular flexibility index (Phi) is 5.12. The fraction of sp³-hybridized carbons (Fsp3) is 0.647. The third-order valence-electron chi connectivity index (χ3n) is 3.72. The fourth-order valence-corrected chi connectivity index (χ4v) is 2.66. The molecule has 1 aliphatic rings. The molecule has 0 aliphatic carbocycles. The van der Waals surface area contributed by atoms with Gasteiger partial charge in [0.25, 0.3) is 0 Å². The van der Waals surface area contributed by atoms with Crippen molar-refractivity contribution < 1.29 is 9.47 Å². The van der Waals surface area contributed by atoms with Gasteiger partial charge in [-0.25, -0.2) is 0 Å². The number of anilines is 1. The highest BCUT2D eigenvalue weighted by molar-refractivity contribution is 5.62. The summed E-state index contributed by atoms with van der Waals surface area (Å²) in [5.41, 5.74) is 7.80. The lowest BCUT2D eigenvalue weighted by atomic mass is 9.99. The van der Waals surface area contributed by atoms with E-state index in [-0.39, 0.29) is 5.60 Å². The minimum absolute atomic E-state index is 0.180. The minimum Gasteiger partial charge on any atom is -0.484 e. The second kappa shape index (κ2) is 6.67. The highest BCUT2D eigenvalue weighted by atomic mass is 16.5. The molecule has 0 atom stereocenters. The summed E-state index contributed by atoms with van der Waals surface area (Å²) >= 11 is 0. The van der Waals surface area contributed by atoms with E-state index in [0.29, 0.717) is 25.7 Å². The van der Waals surface area contributed by atoms with E-state index < -0.39 is 0 Å². The molecule has 1 aromatic rings. The fourth-order valence-electron chi connectivity index (χ4n) is 2.66. The van der Waals surface area contributed by atoms with Crippen LogP contribution < -0.4 is 15.4 Å². The van der Waals surface area contributed by atoms with Gasteiger partial charge in [0.2, 0.25) is 0 Å². The van der Waals surface area contributed by atoms with E-state index in [1.807, 2.05) is 0 Å². The van der Waals surface area contributed by atoms with Crippen LogP contribution in [0.15, 0.2) is 18.2 Å². The number of fused-ring (bicyclic) bond motifs is 1. The molecule has 4 nitrogen and oxygen atoms in total. The summed E-state index contributed by atoms with van der Waals surface area (Å²) < 4.78 is 11.6. The normalized spacial score (nSPS) is 16.8. The first-order chi connectivity index (χ1) is 9.93. The number of nitrogens with zero attached hydrogens (tertiary/aromatic N) is 1. The van der Waals surface area contributed by atoms with Gasteiger partial charge in [0, 0.05) is 13.1 Å². The van der Waals surface area contributed by atoms with E-state index in [1.165, 1.54) is 11.3 Å². The predicted molar refractivity (Wildman–Crippen MR) is 87.3 cm³/mol. The third-order valence-corrected chi connectivity index (χ3v) is 3.72. The van der Waals surface area contributed by atoms with Crippen LogP contribution in [0.5, 0.6) is 5.75 Å². The Hall–Kier alpha value is -1.26. The summed E-state index contributed by atoms with van der Waals surface area (Å²) in [7, 11) is 0. The molecule has 1 aliphatic heterocycles. The highest BCUT2D eigenvalue weighted by Crippen LogP contribution is 2.38. The van der Waals surface area contributed by atoms with Crippen LogP contribution in [-0.4, -0.2) is 38.4 Å². The summed E-state index contributed by atoms with van der Waals surface area (Å²) in [4.78, 5) is 2.36. The smallest absolute Gasteiger partial charge is 0.143 e. The van der Waals surface area contributed by atoms with Crippen LogP contribution in [0.4, 0.5) is 5.69 Å². The largest absolute Gasteiger partial charge is 0.484 e. The Labute approximate surface area is 128 Å². The Morgan fingerprint density at radius 3 is 2.76 bits per heavy atom. The van der Waals surface area contributed by atoms with E-state index in [1.54, 1.807) is 0 Å². The van der Waals surface area contributed by atoms with Crippen LogP contribution in [0.1, 0.15) is 39.2 Å². The summed E-state index contributed by atoms with van der Waals surface area (Å²) in [6, 6.07) is 6.51. The Bertz CT molecular complexity index is 472. The van der Waals surface area contributed by atoms with Gasteiger partial charge in [0.15, 0.2) is 0 Å². The average molecular weight is 292 g/mol. The van der Waals surface area contributed by atoms with Gasteiger partial charge in [0.1, 0.15) is 11.4 Å². The molecular weight excluding hydrogens is 264 g/mol. The molecule has 0 radical (unpaired) electrons. The third kappa shape index (κ3) is 4.11. The van der Waals surface area contributed by atoms with Gasteiger partial charge >= 0.3 is 0 Å². The lowest BCUT2D eigenvalue weighted by molar-refractivity contribution is 0.0978. The molecular formula is C17H28N2O2. The van der Waals surface area contributed by atoms with E-state index in [4.69, 9.17) is 15.2 Å². The van der Waals surface area contributed by atoms with Gasteiger partial charge in [0.05, 0.1) is 25.4 Å². The Morgan fingerprint density at radius 1 is 1.33 bits per heavy atom. The maximum Gasteiger partial charge on any atom is 0.143 e. The van der Waals surface area contributed by atoms with Gasteiger partial charge < -0.3 is 20.1 Å². The van der Waals surface area contributed by atoms with Crippen molar-refractivity contribution >= 4 is 5.69 Å². The molecule has 1 aromatic carbocycles. The molecule has 0 aromatic heterocycles. The molecule has 1 heterocycles. The summed E-state index contributed by atoms with van der Waals surface area (Å²) in [6.07, 6.45) is 0. The van der Waals surface area contributed by atoms with Crippen molar-refractivity contribution in [2.75, 3.05) is 37.7 Å². The molecule has 2 rings (SSSR count). The number of benzene rings is 1. The van der Waals surface area contributed by atoms with Crippen molar-refractivity contribution in [2.24, 2.45) is 5.73 Å². The molecule has 118 valence electrons. The lowest BCUT2D eigenvalue weighted by Crippen LogP contribution is -2.48. The number of nitrogens with two attached hydrogens (primary N) is 1. The van der Waals surface area contributed by atoms with Crippen LogP contribution >= 0.6 is 0 Å². The molecule has 0 amide bonds. The lowest BCUT2D eigenvalue weighted by Gasteiger charge is -2.41. The van der Waals surface area contributed by atoms with Gasteiger partial charge in [-0.2, -0.15) is 0 Å². The molecule has 0 unspecified atom stereocenters. The van der Waals surface area contributed by atoms with Crippen LogP contribution in [0.25, 0.3) is 0 Å². The van der Waals surface area contributed by atoms with Crippen LogP contribution in [0, 0.1) is 0 Å². The monoisotopic (exact) mass is 292 g/mol. The van der Waals surface area contributed by atoms with Crippen molar-refractivity contribution in [3.05, 3.63) is 23.8 Å². The topological polar surface area (TPSA) is 47.7 Å². The second-order valence-corrected chi connectivity index (χ2v) is 6.57. The average Bonchev–Trinajstić information content (AvgIpc) is 2.41. The summed E-state index contributed by atoms with van der Waals surface area (Å²) in [5.74, 6) is 1.48. The molecule has 21 heavy (non-hydrogen) atoms. The van der Waals surface area contributed by atoms with Gasteiger partial charge in [-0.05, 0) is 37.5 Å². The molecule has 0 saturated heterocycles. The van der Waals surface area contributed by atoms with E-state index >= 15 is 0 Å². The number of rotatable bonds is 6. The van der Waals surface area contributed by atoms with Crippen molar-refractivity contribution in [1.82, 2.24) is 0 Å². The van der Waals surface area contributed by atoms with E-state index in [9.17, 15) is 0 Å². The number of hydrogen-bond donors (Lipinski definition) is 1. The van der Waals surface area contributed by atoms with Gasteiger partial charge in [-0.3, -0.25) is 0 Å². The first-order valence-electron chi connectivity index (χ1n) is 7.78. The molecule has 0 saturated carbocycles. The molecule has 0 bridgehead atoms. The Morgan fingerprint density at radius 2 is 2.10 bits per heavy atom. The van der Waals surface area contributed by atoms with Crippen LogP contribution in [0.3, 0.4) is 0 Å². The van der Waals surface area contributed by atoms with Crippen molar-refractivity contribution in [3.63, 3.8) is 0 Å². The number of hydrogen-bond acceptors (Lipinski definition) is 4. The van der Waals surface area contributed by atoms with Gasteiger partial charge in [-0.15, -0.1) is 0 Å². The molecule has 4 heteroatoms. The summed E-state index contributed by atoms with van der Waals surface area (Å²) in [6.45, 7) is 12.3. The first kappa shape index (κ1) is 16.1. The van der Waals surface area contributed by atoms with Crippen LogP contribution in [-0.2, 0) is 4.74 Å². The minimum atomic E-state index is -0.180. The Balaban J connectivity index is 2.18. The maximum atomic E-state index is 6.11. The number of ether oxygens (including phenoxy) is 2. The standard InChI is InChI=1S/C17H28N2O2/c1-13(2)14-5-6-16-15(11-14)19(8-10-20-9-7-18)12-17(3,4)21-16/h5-6,11,13H,7-10,12,18H2,1-4H3. The SMILES string of the molecule is CC(C)c1ccc2c(c1)N(CCOCCN)CC(C)(C)O2. The van der Waals surface area contributed by atoms with Crippen molar-refractivity contribution in [3.8, 4) is 5.75 Å². The van der Waals surface area contributed by atoms with E-state index in [0.717, 1.165) is 18.8 Å². The van der Waals surface area contributed by atoms with Gasteiger partial charge in [-0.1, -0.05) is 19.9 Å².